The Kier molecular flexibility index (Phi) is 4.37. The molecule has 1 fully saturated rings. The van der Waals surface area contributed by atoms with Gasteiger partial charge in [-0.3, -0.25) is 10.1 Å². The van der Waals surface area contributed by atoms with E-state index >= 15 is 0 Å². The molecule has 8 heteroatoms. The summed E-state index contributed by atoms with van der Waals surface area (Å²) >= 11 is 0. The summed E-state index contributed by atoms with van der Waals surface area (Å²) < 4.78 is 19.4. The molecule has 2 atom stereocenters. The maximum Gasteiger partial charge on any atom is 0.342 e. The lowest BCUT2D eigenvalue weighted by atomic mass is 10.1. The molecule has 0 amide bonds. The average molecular weight is 298 g/mol. The van der Waals surface area contributed by atoms with Gasteiger partial charge in [-0.1, -0.05) is 0 Å². The van der Waals surface area contributed by atoms with Crippen LogP contribution in [0.1, 0.15) is 30.1 Å². The number of carboxylic acid groups (broad SMARTS) is 1. The second-order valence-electron chi connectivity index (χ2n) is 4.90. The first-order valence-electron chi connectivity index (χ1n) is 6.49. The summed E-state index contributed by atoms with van der Waals surface area (Å²) in [5.41, 5.74) is -1.40. The van der Waals surface area contributed by atoms with Crippen LogP contribution in [0.25, 0.3) is 0 Å². The van der Waals surface area contributed by atoms with Crippen molar-refractivity contribution in [3.8, 4) is 0 Å². The molecular weight excluding hydrogens is 283 g/mol. The van der Waals surface area contributed by atoms with E-state index in [1.807, 2.05) is 0 Å². The number of hydrogen-bond acceptors (Lipinski definition) is 5. The van der Waals surface area contributed by atoms with Gasteiger partial charge in [0, 0.05) is 12.6 Å². The van der Waals surface area contributed by atoms with Crippen molar-refractivity contribution in [2.75, 3.05) is 11.9 Å². The van der Waals surface area contributed by atoms with Crippen LogP contribution in [0.5, 0.6) is 0 Å². The third-order valence-corrected chi connectivity index (χ3v) is 3.42. The van der Waals surface area contributed by atoms with Gasteiger partial charge in [-0.15, -0.1) is 0 Å². The second-order valence-corrected chi connectivity index (χ2v) is 4.90. The van der Waals surface area contributed by atoms with Crippen molar-refractivity contribution in [1.82, 2.24) is 0 Å². The predicted octanol–water partition coefficient (Wildman–Crippen LogP) is 2.41. The van der Waals surface area contributed by atoms with Crippen LogP contribution in [0.3, 0.4) is 0 Å². The second kappa shape index (κ2) is 6.04. The van der Waals surface area contributed by atoms with Crippen LogP contribution in [0.15, 0.2) is 12.1 Å². The molecule has 0 spiro atoms. The van der Waals surface area contributed by atoms with Gasteiger partial charge in [-0.2, -0.15) is 0 Å². The lowest BCUT2D eigenvalue weighted by Crippen LogP contribution is -2.30. The summed E-state index contributed by atoms with van der Waals surface area (Å²) in [7, 11) is 0. The van der Waals surface area contributed by atoms with Crippen molar-refractivity contribution in [3.05, 3.63) is 33.6 Å². The normalized spacial score (nSPS) is 19.2. The van der Waals surface area contributed by atoms with E-state index in [0.717, 1.165) is 18.9 Å². The number of nitrogens with one attached hydrogen (secondary N) is 1. The molecule has 114 valence electrons. The molecule has 7 nitrogen and oxygen atoms in total. The number of benzene rings is 1. The Morgan fingerprint density at radius 1 is 1.62 bits per heavy atom. The first-order valence-corrected chi connectivity index (χ1v) is 6.49. The average Bonchev–Trinajstić information content (AvgIpc) is 2.94. The zero-order valence-corrected chi connectivity index (χ0v) is 11.3. The molecule has 0 bridgehead atoms. The van der Waals surface area contributed by atoms with E-state index in [4.69, 9.17) is 9.84 Å². The number of carboxylic acids is 1. The Hall–Kier alpha value is -2.22. The van der Waals surface area contributed by atoms with E-state index < -0.39 is 28.0 Å². The number of halogens is 1. The van der Waals surface area contributed by atoms with E-state index in [-0.39, 0.29) is 17.8 Å². The number of ether oxygens (including phenoxy) is 1. The van der Waals surface area contributed by atoms with Crippen LogP contribution in [-0.4, -0.2) is 34.8 Å². The monoisotopic (exact) mass is 298 g/mol. The fraction of sp³-hybridized carbons (Fsp3) is 0.462. The van der Waals surface area contributed by atoms with Gasteiger partial charge < -0.3 is 15.2 Å². The van der Waals surface area contributed by atoms with Crippen molar-refractivity contribution in [3.63, 3.8) is 0 Å². The summed E-state index contributed by atoms with van der Waals surface area (Å²) in [6.07, 6.45) is 1.65. The van der Waals surface area contributed by atoms with Gasteiger partial charge in [0.2, 0.25) is 0 Å². The number of aromatic carboxylic acids is 1. The van der Waals surface area contributed by atoms with Crippen LogP contribution in [0.4, 0.5) is 15.8 Å². The number of nitro benzene ring substituents is 1. The number of nitro groups is 1. The number of nitrogens with zero attached hydrogens (tertiary/aromatic N) is 1. The SMILES string of the molecule is CC(Nc1cc(C(=O)O)c([N+](=O)[O-])cc1F)C1CCCO1. The quantitative estimate of drug-likeness (QED) is 0.639. The van der Waals surface area contributed by atoms with Crippen molar-refractivity contribution < 1.29 is 24.0 Å². The molecule has 2 unspecified atom stereocenters. The van der Waals surface area contributed by atoms with Crippen LogP contribution < -0.4 is 5.32 Å². The van der Waals surface area contributed by atoms with E-state index in [2.05, 4.69) is 5.32 Å². The minimum Gasteiger partial charge on any atom is -0.477 e. The summed E-state index contributed by atoms with van der Waals surface area (Å²) in [6.45, 7) is 2.43. The molecular formula is C13H15FN2O5. The highest BCUT2D eigenvalue weighted by Crippen LogP contribution is 2.28. The Balaban J connectivity index is 2.29. The van der Waals surface area contributed by atoms with E-state index in [1.54, 1.807) is 6.92 Å². The molecule has 0 aliphatic carbocycles. The lowest BCUT2D eigenvalue weighted by Gasteiger charge is -2.21. The van der Waals surface area contributed by atoms with Crippen LogP contribution in [0, 0.1) is 15.9 Å². The molecule has 1 aromatic rings. The summed E-state index contributed by atoms with van der Waals surface area (Å²) in [6, 6.07) is 1.33. The standard InChI is InChI=1S/C13H15FN2O5/c1-7(12-3-2-4-21-12)15-10-5-8(13(17)18)11(16(19)20)6-9(10)14/h5-7,12,15H,2-4H2,1H3,(H,17,18). The minimum atomic E-state index is -1.48. The fourth-order valence-electron chi connectivity index (χ4n) is 2.33. The van der Waals surface area contributed by atoms with Crippen molar-refractivity contribution in [2.45, 2.75) is 31.9 Å². The first kappa shape index (κ1) is 15.2. The Bertz CT molecular complexity index is 572. The Labute approximate surface area is 119 Å². The molecule has 1 aliphatic heterocycles. The third kappa shape index (κ3) is 3.27. The van der Waals surface area contributed by atoms with Gasteiger partial charge >= 0.3 is 5.97 Å². The smallest absolute Gasteiger partial charge is 0.342 e. The van der Waals surface area contributed by atoms with Crippen LogP contribution >= 0.6 is 0 Å². The molecule has 0 radical (unpaired) electrons. The number of carbonyl (C=O) groups is 1. The highest BCUT2D eigenvalue weighted by molar-refractivity contribution is 5.93. The number of hydrogen-bond donors (Lipinski definition) is 2. The van der Waals surface area contributed by atoms with E-state index in [9.17, 15) is 19.3 Å². The molecule has 1 aromatic carbocycles. The largest absolute Gasteiger partial charge is 0.477 e. The van der Waals surface area contributed by atoms with Gasteiger partial charge in [0.15, 0.2) is 5.82 Å². The Morgan fingerprint density at radius 3 is 2.86 bits per heavy atom. The molecule has 1 saturated heterocycles. The predicted molar refractivity (Wildman–Crippen MR) is 72.1 cm³/mol. The van der Waals surface area contributed by atoms with Crippen molar-refractivity contribution in [1.29, 1.82) is 0 Å². The maximum absolute atomic E-state index is 13.9. The molecule has 1 heterocycles. The summed E-state index contributed by atoms with van der Waals surface area (Å²) in [5.74, 6) is -2.34. The minimum absolute atomic E-state index is 0.0824. The maximum atomic E-state index is 13.9. The van der Waals surface area contributed by atoms with E-state index in [1.165, 1.54) is 0 Å². The van der Waals surface area contributed by atoms with Crippen LogP contribution in [0.2, 0.25) is 0 Å². The topological polar surface area (TPSA) is 102 Å². The van der Waals surface area contributed by atoms with E-state index in [0.29, 0.717) is 12.7 Å². The van der Waals surface area contributed by atoms with Gasteiger partial charge in [0.1, 0.15) is 5.56 Å². The fourth-order valence-corrected chi connectivity index (χ4v) is 2.33. The van der Waals surface area contributed by atoms with Gasteiger partial charge in [-0.25, -0.2) is 9.18 Å². The van der Waals surface area contributed by atoms with Gasteiger partial charge in [-0.05, 0) is 25.8 Å². The molecule has 21 heavy (non-hydrogen) atoms. The molecule has 0 aromatic heterocycles. The highest BCUT2D eigenvalue weighted by atomic mass is 19.1. The summed E-state index contributed by atoms with van der Waals surface area (Å²) in [4.78, 5) is 20.9. The zero-order valence-electron chi connectivity index (χ0n) is 11.3. The van der Waals surface area contributed by atoms with Gasteiger partial charge in [0.25, 0.3) is 5.69 Å². The number of anilines is 1. The molecule has 0 saturated carbocycles. The molecule has 2 N–H and O–H groups in total. The molecule has 2 rings (SSSR count). The third-order valence-electron chi connectivity index (χ3n) is 3.42. The summed E-state index contributed by atoms with van der Waals surface area (Å²) in [5, 5.41) is 22.6. The molecule has 1 aliphatic rings. The highest BCUT2D eigenvalue weighted by Gasteiger charge is 2.26. The Morgan fingerprint density at radius 2 is 2.33 bits per heavy atom. The van der Waals surface area contributed by atoms with Crippen LogP contribution in [-0.2, 0) is 4.74 Å². The van der Waals surface area contributed by atoms with Crippen molar-refractivity contribution in [2.24, 2.45) is 0 Å². The van der Waals surface area contributed by atoms with Crippen molar-refractivity contribution >= 4 is 17.3 Å². The van der Waals surface area contributed by atoms with Gasteiger partial charge in [0.05, 0.1) is 22.8 Å². The first-order chi connectivity index (χ1) is 9.90. The lowest BCUT2D eigenvalue weighted by molar-refractivity contribution is -0.385. The zero-order chi connectivity index (χ0) is 15.6. The number of rotatable bonds is 5.